The number of benzene rings is 3. The summed E-state index contributed by atoms with van der Waals surface area (Å²) in [5.41, 5.74) is 2.51. The molecule has 0 radical (unpaired) electrons. The molecule has 2 aliphatic heterocycles. The number of hydrogen-bond donors (Lipinski definition) is 0. The Hall–Kier alpha value is -3.39. The van der Waals surface area contributed by atoms with Crippen LogP contribution in [-0.4, -0.2) is 38.0 Å². The molecule has 278 valence electrons. The van der Waals surface area contributed by atoms with Crippen molar-refractivity contribution >= 4 is 5.97 Å². The normalized spacial score (nSPS) is 20.0. The van der Waals surface area contributed by atoms with Crippen molar-refractivity contribution in [3.63, 3.8) is 0 Å². The molecule has 7 nitrogen and oxygen atoms in total. The van der Waals surface area contributed by atoms with Crippen LogP contribution in [0.4, 0.5) is 0 Å². The Balaban J connectivity index is 0.977. The quantitative estimate of drug-likeness (QED) is 0.0587. The predicted molar refractivity (Wildman–Crippen MR) is 202 cm³/mol. The molecular formula is C44H60O7. The first-order chi connectivity index (χ1) is 25.1. The minimum absolute atomic E-state index is 0.0145. The maximum atomic E-state index is 12.8. The standard InChI is InChI=1S/C44H60O7/c1-3-5-7-9-10-11-12-13-14-16-32-47-38-25-19-35(20-26-38)43(45)49-39-27-21-36(22-28-39)44-48-33-42-41(51-44)30-29-40(50-42)34-17-23-37(24-18-34)46-31-15-8-6-4-2/h17-28,40-42,44H,3-16,29-33H2,1-2H3/t40-,41+,42-,44-/m1/s1. The first-order valence-electron chi connectivity index (χ1n) is 19.8. The molecule has 51 heavy (non-hydrogen) atoms. The third kappa shape index (κ3) is 13.0. The van der Waals surface area contributed by atoms with Crippen molar-refractivity contribution in [1.29, 1.82) is 0 Å². The Bertz CT molecular complexity index is 1390. The highest BCUT2D eigenvalue weighted by atomic mass is 16.7. The van der Waals surface area contributed by atoms with Crippen LogP contribution in [0.5, 0.6) is 17.2 Å². The van der Waals surface area contributed by atoms with Gasteiger partial charge in [0.15, 0.2) is 6.29 Å². The zero-order chi connectivity index (χ0) is 35.5. The van der Waals surface area contributed by atoms with Gasteiger partial charge in [-0.1, -0.05) is 115 Å². The second kappa shape index (κ2) is 21.9. The Morgan fingerprint density at radius 2 is 1.08 bits per heavy atom. The predicted octanol–water partition coefficient (Wildman–Crippen LogP) is 11.5. The fourth-order valence-electron chi connectivity index (χ4n) is 6.79. The number of rotatable bonds is 22. The topological polar surface area (TPSA) is 72.5 Å². The van der Waals surface area contributed by atoms with Gasteiger partial charge < -0.3 is 28.4 Å². The molecule has 2 saturated heterocycles. The molecular weight excluding hydrogens is 640 g/mol. The van der Waals surface area contributed by atoms with Gasteiger partial charge in [-0.2, -0.15) is 0 Å². The van der Waals surface area contributed by atoms with Crippen molar-refractivity contribution in [2.24, 2.45) is 0 Å². The van der Waals surface area contributed by atoms with Gasteiger partial charge in [0.2, 0.25) is 0 Å². The number of ether oxygens (including phenoxy) is 6. The van der Waals surface area contributed by atoms with Crippen LogP contribution >= 0.6 is 0 Å². The Morgan fingerprint density at radius 1 is 0.569 bits per heavy atom. The summed E-state index contributed by atoms with van der Waals surface area (Å²) in [6, 6.07) is 22.8. The molecule has 3 aromatic carbocycles. The Labute approximate surface area is 306 Å². The summed E-state index contributed by atoms with van der Waals surface area (Å²) in [6.45, 7) is 6.39. The van der Waals surface area contributed by atoms with Gasteiger partial charge >= 0.3 is 5.97 Å². The number of unbranched alkanes of at least 4 members (excludes halogenated alkanes) is 12. The summed E-state index contributed by atoms with van der Waals surface area (Å²) in [5, 5.41) is 0. The first kappa shape index (κ1) is 38.8. The van der Waals surface area contributed by atoms with Gasteiger partial charge in [0, 0.05) is 5.56 Å². The molecule has 0 aliphatic carbocycles. The molecule has 0 spiro atoms. The number of fused-ring (bicyclic) bond motifs is 1. The average Bonchev–Trinajstić information content (AvgIpc) is 3.17. The largest absolute Gasteiger partial charge is 0.494 e. The SMILES string of the molecule is CCCCCCCCCCCCOc1ccc(C(=O)Oc2ccc([C@@H]3OC[C@H]4O[C@@H](c5ccc(OCCCCCC)cc5)CC[C@@H]4O3)cc2)cc1. The Kier molecular flexibility index (Phi) is 16.6. The van der Waals surface area contributed by atoms with Gasteiger partial charge in [-0.05, 0) is 79.8 Å². The highest BCUT2D eigenvalue weighted by molar-refractivity contribution is 5.91. The lowest BCUT2D eigenvalue weighted by atomic mass is 9.95. The van der Waals surface area contributed by atoms with Crippen LogP contribution in [0.25, 0.3) is 0 Å². The molecule has 5 rings (SSSR count). The lowest BCUT2D eigenvalue weighted by molar-refractivity contribution is -0.289. The molecule has 0 unspecified atom stereocenters. The van der Waals surface area contributed by atoms with Crippen molar-refractivity contribution in [3.05, 3.63) is 89.5 Å². The second-order valence-electron chi connectivity index (χ2n) is 14.1. The third-order valence-corrected chi connectivity index (χ3v) is 9.92. The van der Waals surface area contributed by atoms with E-state index in [9.17, 15) is 4.79 Å². The monoisotopic (exact) mass is 700 g/mol. The van der Waals surface area contributed by atoms with Crippen LogP contribution in [0.15, 0.2) is 72.8 Å². The average molecular weight is 701 g/mol. The van der Waals surface area contributed by atoms with E-state index in [0.29, 0.717) is 24.5 Å². The molecule has 2 aliphatic rings. The van der Waals surface area contributed by atoms with Gasteiger partial charge in [-0.15, -0.1) is 0 Å². The van der Waals surface area contributed by atoms with Crippen LogP contribution in [0.2, 0.25) is 0 Å². The van der Waals surface area contributed by atoms with Crippen molar-refractivity contribution < 1.29 is 33.2 Å². The summed E-state index contributed by atoms with van der Waals surface area (Å²) in [4.78, 5) is 12.8. The summed E-state index contributed by atoms with van der Waals surface area (Å²) >= 11 is 0. The van der Waals surface area contributed by atoms with E-state index >= 15 is 0 Å². The van der Waals surface area contributed by atoms with Crippen LogP contribution in [0.3, 0.4) is 0 Å². The number of carbonyl (C=O) groups is 1. The zero-order valence-corrected chi connectivity index (χ0v) is 31.0. The minimum atomic E-state index is -0.488. The molecule has 0 saturated carbocycles. The number of carbonyl (C=O) groups excluding carboxylic acids is 1. The van der Waals surface area contributed by atoms with Crippen molar-refractivity contribution in [2.75, 3.05) is 19.8 Å². The summed E-state index contributed by atoms with van der Waals surface area (Å²) in [7, 11) is 0. The fraction of sp³-hybridized carbons (Fsp3) is 0.568. The molecule has 2 heterocycles. The lowest BCUT2D eigenvalue weighted by Gasteiger charge is -2.42. The number of esters is 1. The van der Waals surface area contributed by atoms with Crippen LogP contribution in [0.1, 0.15) is 150 Å². The highest BCUT2D eigenvalue weighted by Crippen LogP contribution is 2.39. The molecule has 0 N–H and O–H groups in total. The van der Waals surface area contributed by atoms with Gasteiger partial charge in [-0.25, -0.2) is 4.79 Å². The van der Waals surface area contributed by atoms with Crippen LogP contribution in [0, 0.1) is 0 Å². The maximum Gasteiger partial charge on any atom is 0.343 e. The second-order valence-corrected chi connectivity index (χ2v) is 14.1. The van der Waals surface area contributed by atoms with Crippen LogP contribution in [-0.2, 0) is 14.2 Å². The van der Waals surface area contributed by atoms with E-state index < -0.39 is 12.3 Å². The van der Waals surface area contributed by atoms with Gasteiger partial charge in [0.25, 0.3) is 0 Å². The summed E-state index contributed by atoms with van der Waals surface area (Å²) < 4.78 is 36.3. The molecule has 2 fully saturated rings. The zero-order valence-electron chi connectivity index (χ0n) is 31.0. The molecule has 0 aromatic heterocycles. The van der Waals surface area contributed by atoms with E-state index in [2.05, 4.69) is 26.0 Å². The molecule has 7 heteroatoms. The summed E-state index contributed by atoms with van der Waals surface area (Å²) in [6.07, 6.45) is 18.9. The Morgan fingerprint density at radius 3 is 1.69 bits per heavy atom. The molecule has 4 atom stereocenters. The van der Waals surface area contributed by atoms with E-state index in [1.165, 1.54) is 77.0 Å². The van der Waals surface area contributed by atoms with Crippen molar-refractivity contribution in [3.8, 4) is 17.2 Å². The molecule has 0 bridgehead atoms. The highest BCUT2D eigenvalue weighted by Gasteiger charge is 2.39. The number of hydrogen-bond acceptors (Lipinski definition) is 7. The van der Waals surface area contributed by atoms with E-state index in [4.69, 9.17) is 28.4 Å². The van der Waals surface area contributed by atoms with E-state index in [1.807, 2.05) is 36.4 Å². The van der Waals surface area contributed by atoms with Crippen LogP contribution < -0.4 is 14.2 Å². The van der Waals surface area contributed by atoms with E-state index in [-0.39, 0.29) is 18.3 Å². The van der Waals surface area contributed by atoms with Gasteiger partial charge in [-0.3, -0.25) is 0 Å². The van der Waals surface area contributed by atoms with Gasteiger partial charge in [0.05, 0.1) is 37.6 Å². The first-order valence-corrected chi connectivity index (χ1v) is 19.8. The minimum Gasteiger partial charge on any atom is -0.494 e. The smallest absolute Gasteiger partial charge is 0.343 e. The van der Waals surface area contributed by atoms with E-state index in [1.54, 1.807) is 24.3 Å². The fourth-order valence-corrected chi connectivity index (χ4v) is 6.79. The van der Waals surface area contributed by atoms with E-state index in [0.717, 1.165) is 54.9 Å². The molecule has 0 amide bonds. The van der Waals surface area contributed by atoms with Crippen molar-refractivity contribution in [1.82, 2.24) is 0 Å². The van der Waals surface area contributed by atoms with Crippen molar-refractivity contribution in [2.45, 2.75) is 141 Å². The lowest BCUT2D eigenvalue weighted by Crippen LogP contribution is -2.45. The van der Waals surface area contributed by atoms with Gasteiger partial charge in [0.1, 0.15) is 23.4 Å². The maximum absolute atomic E-state index is 12.8. The summed E-state index contributed by atoms with van der Waals surface area (Å²) in [5.74, 6) is 1.74. The molecule has 3 aromatic rings. The third-order valence-electron chi connectivity index (χ3n) is 9.92.